The van der Waals surface area contributed by atoms with Gasteiger partial charge in [-0.2, -0.15) is 10.2 Å². The van der Waals surface area contributed by atoms with Crippen molar-refractivity contribution in [2.75, 3.05) is 24.6 Å². The van der Waals surface area contributed by atoms with Gasteiger partial charge in [-0.15, -0.1) is 23.5 Å². The molecule has 2 aliphatic rings. The van der Waals surface area contributed by atoms with Crippen molar-refractivity contribution in [1.29, 1.82) is 0 Å². The molecule has 2 saturated heterocycles. The van der Waals surface area contributed by atoms with Crippen molar-refractivity contribution in [1.82, 2.24) is 29.4 Å². The fourth-order valence-corrected chi connectivity index (χ4v) is 8.96. The average molecular weight is 683 g/mol. The summed E-state index contributed by atoms with van der Waals surface area (Å²) in [5, 5.41) is 9.68. The minimum atomic E-state index is -0.173. The summed E-state index contributed by atoms with van der Waals surface area (Å²) in [5.74, 6) is 1.04. The zero-order valence-electron chi connectivity index (χ0n) is 26.7. The van der Waals surface area contributed by atoms with Crippen LogP contribution in [0.3, 0.4) is 0 Å². The first kappa shape index (κ1) is 31.2. The van der Waals surface area contributed by atoms with Crippen LogP contribution < -0.4 is 0 Å². The first-order chi connectivity index (χ1) is 24.1. The second-order valence-electron chi connectivity index (χ2n) is 12.0. The molecule has 0 radical (unpaired) electrons. The monoisotopic (exact) mass is 682 g/mol. The van der Waals surface area contributed by atoms with Crippen LogP contribution in [0.15, 0.2) is 134 Å². The molecule has 0 N–H and O–H groups in total. The quantitative estimate of drug-likeness (QED) is 0.148. The third-order valence-corrected chi connectivity index (χ3v) is 11.4. The summed E-state index contributed by atoms with van der Waals surface area (Å²) >= 11 is 3.27. The second kappa shape index (κ2) is 13.8. The van der Waals surface area contributed by atoms with Crippen molar-refractivity contribution < 1.29 is 9.59 Å². The smallest absolute Gasteiger partial charge is 0.233 e. The number of para-hydroxylation sites is 2. The number of hydrogen-bond acceptors (Lipinski definition) is 6. The Labute approximate surface area is 293 Å². The molecule has 244 valence electrons. The number of amides is 2. The molecule has 8 nitrogen and oxygen atoms in total. The van der Waals surface area contributed by atoms with Crippen molar-refractivity contribution in [2.24, 2.45) is 0 Å². The molecule has 4 heterocycles. The van der Waals surface area contributed by atoms with E-state index in [1.54, 1.807) is 23.5 Å². The normalized spacial score (nSPS) is 17.7. The molecule has 6 aromatic rings. The number of carbonyl (C=O) groups excluding carboxylic acids is 2. The van der Waals surface area contributed by atoms with E-state index in [9.17, 15) is 9.59 Å². The maximum absolute atomic E-state index is 13.4. The van der Waals surface area contributed by atoms with Crippen LogP contribution in [0, 0.1) is 0 Å². The maximum Gasteiger partial charge on any atom is 0.233 e. The molecule has 10 heteroatoms. The van der Waals surface area contributed by atoms with Crippen LogP contribution in [-0.2, 0) is 9.59 Å². The van der Waals surface area contributed by atoms with Gasteiger partial charge >= 0.3 is 0 Å². The van der Waals surface area contributed by atoms with Crippen LogP contribution in [-0.4, -0.2) is 65.8 Å². The molecule has 0 saturated carbocycles. The number of rotatable bonds is 10. The predicted octanol–water partition coefficient (Wildman–Crippen LogP) is 7.63. The third kappa shape index (κ3) is 6.29. The second-order valence-corrected chi connectivity index (χ2v) is 14.1. The van der Waals surface area contributed by atoms with E-state index in [4.69, 9.17) is 10.2 Å². The fourth-order valence-electron chi connectivity index (χ4n) is 6.52. The highest BCUT2D eigenvalue weighted by molar-refractivity contribution is 8.00. The fraction of sp³-hybridized carbons (Fsp3) is 0.179. The van der Waals surface area contributed by atoms with Crippen molar-refractivity contribution >= 4 is 35.3 Å². The molecular weight excluding hydrogens is 649 g/mol. The number of benzene rings is 4. The minimum absolute atomic E-state index is 0.107. The van der Waals surface area contributed by atoms with E-state index in [0.717, 1.165) is 45.0 Å². The molecule has 2 amide bonds. The zero-order valence-corrected chi connectivity index (χ0v) is 28.3. The van der Waals surface area contributed by atoms with Crippen LogP contribution >= 0.6 is 23.5 Å². The minimum Gasteiger partial charge on any atom is -0.326 e. The lowest BCUT2D eigenvalue weighted by atomic mass is 10.1. The summed E-state index contributed by atoms with van der Waals surface area (Å²) in [4.78, 5) is 30.7. The summed E-state index contributed by atoms with van der Waals surface area (Å²) in [6, 6.07) is 40.4. The zero-order chi connectivity index (χ0) is 33.2. The molecule has 2 atom stereocenters. The molecule has 0 unspecified atom stereocenters. The van der Waals surface area contributed by atoms with Gasteiger partial charge in [0.05, 0.1) is 34.3 Å². The molecule has 2 aromatic heterocycles. The summed E-state index contributed by atoms with van der Waals surface area (Å²) in [6.45, 7) is 1.08. The number of nitrogens with zero attached hydrogens (tertiary/aromatic N) is 6. The van der Waals surface area contributed by atoms with E-state index in [2.05, 4.69) is 36.7 Å². The topological polar surface area (TPSA) is 76.3 Å². The highest BCUT2D eigenvalue weighted by atomic mass is 32.2. The van der Waals surface area contributed by atoms with Crippen molar-refractivity contribution in [3.05, 3.63) is 145 Å². The lowest BCUT2D eigenvalue weighted by molar-refractivity contribution is -0.128. The van der Waals surface area contributed by atoms with Crippen LogP contribution in [0.2, 0.25) is 0 Å². The number of aromatic nitrogens is 4. The first-order valence-corrected chi connectivity index (χ1v) is 18.5. The van der Waals surface area contributed by atoms with E-state index in [1.807, 2.05) is 116 Å². The number of hydrogen-bond donors (Lipinski definition) is 0. The van der Waals surface area contributed by atoms with Crippen LogP contribution in [0.1, 0.15) is 28.3 Å². The average Bonchev–Trinajstić information content (AvgIpc) is 3.96. The molecule has 0 aliphatic carbocycles. The van der Waals surface area contributed by atoms with Crippen LogP contribution in [0.25, 0.3) is 33.9 Å². The predicted molar refractivity (Wildman–Crippen MR) is 196 cm³/mol. The van der Waals surface area contributed by atoms with E-state index < -0.39 is 0 Å². The van der Waals surface area contributed by atoms with Crippen LogP contribution in [0.5, 0.6) is 0 Å². The van der Waals surface area contributed by atoms with Gasteiger partial charge in [-0.3, -0.25) is 9.59 Å². The Morgan fingerprint density at radius 1 is 0.531 bits per heavy atom. The van der Waals surface area contributed by atoms with Gasteiger partial charge in [0.2, 0.25) is 11.8 Å². The van der Waals surface area contributed by atoms with Gasteiger partial charge < -0.3 is 9.80 Å². The Balaban J connectivity index is 1.05. The standard InChI is InChI=1S/C39H34N6O2S2/c46-34-26-48-38(32-24-44(30-18-9-3-10-19-30)40-36(32)28-14-5-1-6-15-28)42(34)22-13-23-43-35(47)27-49-39(43)33-25-45(31-20-11-4-12-21-31)41-37(33)29-16-7-2-8-17-29/h1-12,14-21,24-25,38-39H,13,22-23,26-27H2/t38-,39+. The summed E-state index contributed by atoms with van der Waals surface area (Å²) in [5.41, 5.74) is 7.73. The maximum atomic E-state index is 13.4. The Morgan fingerprint density at radius 2 is 0.898 bits per heavy atom. The molecule has 4 aromatic carbocycles. The lowest BCUT2D eigenvalue weighted by Crippen LogP contribution is -2.34. The summed E-state index contributed by atoms with van der Waals surface area (Å²) in [7, 11) is 0. The number of thioether (sulfide) groups is 2. The highest BCUT2D eigenvalue weighted by Crippen LogP contribution is 2.45. The van der Waals surface area contributed by atoms with Gasteiger partial charge in [-0.1, -0.05) is 97.1 Å². The largest absolute Gasteiger partial charge is 0.326 e. The van der Waals surface area contributed by atoms with Gasteiger partial charge in [0, 0.05) is 47.7 Å². The molecule has 0 spiro atoms. The summed E-state index contributed by atoms with van der Waals surface area (Å²) < 4.78 is 3.81. The van der Waals surface area contributed by atoms with Crippen molar-refractivity contribution in [3.63, 3.8) is 0 Å². The van der Waals surface area contributed by atoms with Gasteiger partial charge in [0.25, 0.3) is 0 Å². The van der Waals surface area contributed by atoms with Gasteiger partial charge in [0.15, 0.2) is 0 Å². The summed E-state index contributed by atoms with van der Waals surface area (Å²) in [6.07, 6.45) is 4.78. The molecule has 0 bridgehead atoms. The molecular formula is C39H34N6O2S2. The van der Waals surface area contributed by atoms with Crippen LogP contribution in [0.4, 0.5) is 0 Å². The molecule has 49 heavy (non-hydrogen) atoms. The third-order valence-electron chi connectivity index (χ3n) is 8.89. The van der Waals surface area contributed by atoms with Gasteiger partial charge in [0.1, 0.15) is 10.7 Å². The van der Waals surface area contributed by atoms with E-state index in [1.165, 1.54) is 0 Å². The SMILES string of the molecule is O=C1CS[C@H](c2cn(-c3ccccc3)nc2-c2ccccc2)N1CCCN1C(=O)CS[C@H]1c1cn(-c2ccccc2)nc1-c1ccccc1. The Bertz CT molecular complexity index is 1920. The Kier molecular flexibility index (Phi) is 8.80. The van der Waals surface area contributed by atoms with E-state index in [-0.39, 0.29) is 22.6 Å². The highest BCUT2D eigenvalue weighted by Gasteiger charge is 2.38. The van der Waals surface area contributed by atoms with E-state index >= 15 is 0 Å². The van der Waals surface area contributed by atoms with Gasteiger partial charge in [-0.05, 0) is 30.7 Å². The van der Waals surface area contributed by atoms with E-state index in [0.29, 0.717) is 31.0 Å². The lowest BCUT2D eigenvalue weighted by Gasteiger charge is -2.27. The molecule has 2 fully saturated rings. The Morgan fingerprint density at radius 3 is 1.29 bits per heavy atom. The molecule has 8 rings (SSSR count). The van der Waals surface area contributed by atoms with Crippen molar-refractivity contribution in [2.45, 2.75) is 17.2 Å². The molecule has 2 aliphatic heterocycles. The van der Waals surface area contributed by atoms with Gasteiger partial charge in [-0.25, -0.2) is 9.36 Å². The Hall–Kier alpha value is -5.06. The first-order valence-electron chi connectivity index (χ1n) is 16.4. The van der Waals surface area contributed by atoms with Crippen molar-refractivity contribution in [3.8, 4) is 33.9 Å². The number of carbonyl (C=O) groups is 2.